The molecule has 0 saturated heterocycles. The third kappa shape index (κ3) is 3.61. The first-order chi connectivity index (χ1) is 7.95. The van der Waals surface area contributed by atoms with Crippen LogP contribution >= 0.6 is 11.6 Å². The molecule has 94 valence electrons. The number of nitrogens with one attached hydrogen (secondary N) is 1. The molecule has 4 nitrogen and oxygen atoms in total. The number of halogens is 1. The minimum atomic E-state index is -0.279. The number of carbonyl (C=O) groups is 1. The van der Waals surface area contributed by atoms with Gasteiger partial charge in [-0.3, -0.25) is 4.79 Å². The summed E-state index contributed by atoms with van der Waals surface area (Å²) in [5.41, 5.74) is 6.23. The number of benzene rings is 1. The maximum Gasteiger partial charge on any atom is 0.228 e. The Kier molecular flexibility index (Phi) is 4.78. The monoisotopic (exact) mass is 256 g/mol. The first-order valence-electron chi connectivity index (χ1n) is 5.35. The number of ether oxygens (including phenoxy) is 1. The topological polar surface area (TPSA) is 64.3 Å². The fraction of sp³-hybridized carbons (Fsp3) is 0.417. The minimum absolute atomic E-state index is 0.152. The summed E-state index contributed by atoms with van der Waals surface area (Å²) in [5.74, 6) is 0.138. The summed E-state index contributed by atoms with van der Waals surface area (Å²) in [4.78, 5) is 11.8. The van der Waals surface area contributed by atoms with Gasteiger partial charge in [0.05, 0.1) is 18.7 Å². The number of methoxy groups -OCH3 is 1. The van der Waals surface area contributed by atoms with E-state index in [1.54, 1.807) is 32.0 Å². The van der Waals surface area contributed by atoms with Crippen LogP contribution in [0.5, 0.6) is 5.75 Å². The number of hydrogen-bond donors (Lipinski definition) is 2. The molecular weight excluding hydrogens is 240 g/mol. The number of amides is 1. The maximum absolute atomic E-state index is 11.8. The predicted octanol–water partition coefficient (Wildman–Crippen LogP) is 2.27. The molecular formula is C12H17ClN2O2. The van der Waals surface area contributed by atoms with E-state index in [0.717, 1.165) is 0 Å². The summed E-state index contributed by atoms with van der Waals surface area (Å²) in [6.07, 6.45) is 0. The first kappa shape index (κ1) is 13.8. The van der Waals surface area contributed by atoms with Crippen LogP contribution in [0.25, 0.3) is 0 Å². The van der Waals surface area contributed by atoms with E-state index in [9.17, 15) is 4.79 Å². The van der Waals surface area contributed by atoms with Gasteiger partial charge in [0.1, 0.15) is 5.75 Å². The highest BCUT2D eigenvalue weighted by Crippen LogP contribution is 2.28. The average Bonchev–Trinajstić information content (AvgIpc) is 2.28. The SMILES string of the molecule is COc1ccc(Cl)cc1NC(=O)C(C)C(C)N. The number of carbonyl (C=O) groups excluding carboxylic acids is 1. The summed E-state index contributed by atoms with van der Waals surface area (Å²) in [5, 5.41) is 3.29. The van der Waals surface area contributed by atoms with Crippen LogP contribution in [0.4, 0.5) is 5.69 Å². The van der Waals surface area contributed by atoms with E-state index in [2.05, 4.69) is 5.32 Å². The molecule has 1 aromatic carbocycles. The van der Waals surface area contributed by atoms with Gasteiger partial charge in [-0.25, -0.2) is 0 Å². The Bertz CT molecular complexity index is 407. The van der Waals surface area contributed by atoms with Gasteiger partial charge in [-0.15, -0.1) is 0 Å². The second-order valence-electron chi connectivity index (χ2n) is 3.98. The highest BCUT2D eigenvalue weighted by molar-refractivity contribution is 6.31. The molecule has 1 amide bonds. The van der Waals surface area contributed by atoms with Gasteiger partial charge >= 0.3 is 0 Å². The van der Waals surface area contributed by atoms with Crippen LogP contribution in [-0.4, -0.2) is 19.1 Å². The number of nitrogens with two attached hydrogens (primary N) is 1. The van der Waals surface area contributed by atoms with Crippen LogP contribution in [0.2, 0.25) is 5.02 Å². The molecule has 2 atom stereocenters. The summed E-state index contributed by atoms with van der Waals surface area (Å²) in [6, 6.07) is 4.84. The van der Waals surface area contributed by atoms with Gasteiger partial charge in [-0.2, -0.15) is 0 Å². The van der Waals surface area contributed by atoms with E-state index in [1.807, 2.05) is 0 Å². The van der Waals surface area contributed by atoms with E-state index in [1.165, 1.54) is 7.11 Å². The van der Waals surface area contributed by atoms with Crippen molar-refractivity contribution in [2.24, 2.45) is 11.7 Å². The second-order valence-corrected chi connectivity index (χ2v) is 4.42. The summed E-state index contributed by atoms with van der Waals surface area (Å²) >= 11 is 5.87. The first-order valence-corrected chi connectivity index (χ1v) is 5.73. The molecule has 2 unspecified atom stereocenters. The highest BCUT2D eigenvalue weighted by Gasteiger charge is 2.18. The van der Waals surface area contributed by atoms with Crippen molar-refractivity contribution in [2.75, 3.05) is 12.4 Å². The summed E-state index contributed by atoms with van der Waals surface area (Å²) in [7, 11) is 1.54. The van der Waals surface area contributed by atoms with E-state index in [-0.39, 0.29) is 17.9 Å². The predicted molar refractivity (Wildman–Crippen MR) is 69.4 cm³/mol. The molecule has 5 heteroatoms. The third-order valence-electron chi connectivity index (χ3n) is 2.62. The van der Waals surface area contributed by atoms with E-state index in [0.29, 0.717) is 16.5 Å². The molecule has 0 aromatic heterocycles. The Morgan fingerprint density at radius 2 is 2.12 bits per heavy atom. The Morgan fingerprint density at radius 1 is 1.47 bits per heavy atom. The van der Waals surface area contributed by atoms with Crippen LogP contribution in [-0.2, 0) is 4.79 Å². The fourth-order valence-corrected chi connectivity index (χ4v) is 1.44. The summed E-state index contributed by atoms with van der Waals surface area (Å²) < 4.78 is 5.14. The molecule has 1 rings (SSSR count). The Balaban J connectivity index is 2.87. The van der Waals surface area contributed by atoms with Gasteiger partial charge in [0.25, 0.3) is 0 Å². The molecule has 0 bridgehead atoms. The highest BCUT2D eigenvalue weighted by atomic mass is 35.5. The van der Waals surface area contributed by atoms with Crippen molar-refractivity contribution in [3.8, 4) is 5.75 Å². The van der Waals surface area contributed by atoms with Gasteiger partial charge in [-0.1, -0.05) is 18.5 Å². The Labute approximate surface area is 106 Å². The molecule has 0 spiro atoms. The Hall–Kier alpha value is -1.26. The van der Waals surface area contributed by atoms with Crippen molar-refractivity contribution in [3.63, 3.8) is 0 Å². The molecule has 0 aliphatic heterocycles. The average molecular weight is 257 g/mol. The molecule has 0 radical (unpaired) electrons. The van der Waals surface area contributed by atoms with Crippen molar-refractivity contribution < 1.29 is 9.53 Å². The van der Waals surface area contributed by atoms with Crippen LogP contribution in [0.3, 0.4) is 0 Å². The van der Waals surface area contributed by atoms with Gasteiger partial charge in [0, 0.05) is 11.1 Å². The maximum atomic E-state index is 11.8. The lowest BCUT2D eigenvalue weighted by atomic mass is 10.0. The molecule has 3 N–H and O–H groups in total. The minimum Gasteiger partial charge on any atom is -0.495 e. The smallest absolute Gasteiger partial charge is 0.228 e. The zero-order valence-electron chi connectivity index (χ0n) is 10.2. The van der Waals surface area contributed by atoms with Crippen molar-refractivity contribution in [2.45, 2.75) is 19.9 Å². The quantitative estimate of drug-likeness (QED) is 0.869. The zero-order chi connectivity index (χ0) is 13.0. The fourth-order valence-electron chi connectivity index (χ4n) is 1.26. The van der Waals surface area contributed by atoms with Crippen molar-refractivity contribution in [1.82, 2.24) is 0 Å². The lowest BCUT2D eigenvalue weighted by Gasteiger charge is -2.16. The molecule has 17 heavy (non-hydrogen) atoms. The van der Waals surface area contributed by atoms with E-state index >= 15 is 0 Å². The van der Waals surface area contributed by atoms with Gasteiger partial charge in [-0.05, 0) is 25.1 Å². The largest absolute Gasteiger partial charge is 0.495 e. The number of anilines is 1. The third-order valence-corrected chi connectivity index (χ3v) is 2.86. The van der Waals surface area contributed by atoms with Crippen LogP contribution in [0.1, 0.15) is 13.8 Å². The Morgan fingerprint density at radius 3 is 2.65 bits per heavy atom. The molecule has 0 heterocycles. The van der Waals surface area contributed by atoms with E-state index in [4.69, 9.17) is 22.1 Å². The van der Waals surface area contributed by atoms with Crippen molar-refractivity contribution in [3.05, 3.63) is 23.2 Å². The standard InChI is InChI=1S/C12H17ClN2O2/c1-7(8(2)14)12(16)15-10-6-9(13)4-5-11(10)17-3/h4-8H,14H2,1-3H3,(H,15,16). The van der Waals surface area contributed by atoms with Gasteiger partial charge in [0.2, 0.25) is 5.91 Å². The lowest BCUT2D eigenvalue weighted by molar-refractivity contribution is -0.119. The molecule has 1 aromatic rings. The zero-order valence-corrected chi connectivity index (χ0v) is 10.9. The van der Waals surface area contributed by atoms with Gasteiger partial charge < -0.3 is 15.8 Å². The number of rotatable bonds is 4. The van der Waals surface area contributed by atoms with Crippen LogP contribution in [0.15, 0.2) is 18.2 Å². The van der Waals surface area contributed by atoms with E-state index < -0.39 is 0 Å². The molecule has 0 saturated carbocycles. The van der Waals surface area contributed by atoms with Crippen molar-refractivity contribution in [1.29, 1.82) is 0 Å². The molecule has 0 aliphatic rings. The molecule has 0 aliphatic carbocycles. The summed E-state index contributed by atoms with van der Waals surface area (Å²) in [6.45, 7) is 3.57. The number of hydrogen-bond acceptors (Lipinski definition) is 3. The van der Waals surface area contributed by atoms with Crippen molar-refractivity contribution >= 4 is 23.2 Å². The lowest BCUT2D eigenvalue weighted by Crippen LogP contribution is -2.34. The van der Waals surface area contributed by atoms with Crippen LogP contribution in [0, 0.1) is 5.92 Å². The van der Waals surface area contributed by atoms with Gasteiger partial charge in [0.15, 0.2) is 0 Å². The second kappa shape index (κ2) is 5.89. The van der Waals surface area contributed by atoms with Crippen LogP contribution < -0.4 is 15.8 Å². The molecule has 0 fully saturated rings. The normalized spacial score (nSPS) is 13.9.